The van der Waals surface area contributed by atoms with Gasteiger partial charge in [0.15, 0.2) is 0 Å². The van der Waals surface area contributed by atoms with Crippen LogP contribution in [0.2, 0.25) is 0 Å². The number of hydrogen-bond acceptors (Lipinski definition) is 3. The fourth-order valence-corrected chi connectivity index (χ4v) is 2.39. The summed E-state index contributed by atoms with van der Waals surface area (Å²) in [6.07, 6.45) is 5.32. The molecule has 0 unspecified atom stereocenters. The van der Waals surface area contributed by atoms with Crippen LogP contribution in [0.4, 0.5) is 0 Å². The van der Waals surface area contributed by atoms with Crippen LogP contribution in [-0.4, -0.2) is 44.3 Å². The molecule has 1 rings (SSSR count). The van der Waals surface area contributed by atoms with Crippen LogP contribution in [0.5, 0.6) is 0 Å². The number of nitrogens with zero attached hydrogens (tertiary/aromatic N) is 1. The van der Waals surface area contributed by atoms with Crippen molar-refractivity contribution in [3.63, 3.8) is 0 Å². The zero-order valence-corrected chi connectivity index (χ0v) is 11.0. The zero-order valence-electron chi connectivity index (χ0n) is 11.0. The molecule has 0 amide bonds. The molecule has 1 aliphatic carbocycles. The van der Waals surface area contributed by atoms with Crippen molar-refractivity contribution in [1.82, 2.24) is 4.90 Å². The lowest BCUT2D eigenvalue weighted by molar-refractivity contribution is 0.0841. The van der Waals surface area contributed by atoms with Gasteiger partial charge in [-0.05, 0) is 51.2 Å². The minimum absolute atomic E-state index is 0.485. The maximum atomic E-state index is 5.87. The third kappa shape index (κ3) is 4.04. The minimum Gasteiger partial charge on any atom is -0.380 e. The van der Waals surface area contributed by atoms with Gasteiger partial charge in [-0.1, -0.05) is 13.3 Å². The predicted octanol–water partition coefficient (Wildman–Crippen LogP) is 1.86. The maximum absolute atomic E-state index is 5.87. The first-order chi connectivity index (χ1) is 7.76. The monoisotopic (exact) mass is 228 g/mol. The van der Waals surface area contributed by atoms with Gasteiger partial charge in [-0.2, -0.15) is 0 Å². The van der Waals surface area contributed by atoms with Crippen molar-refractivity contribution in [3.05, 3.63) is 0 Å². The van der Waals surface area contributed by atoms with Crippen LogP contribution in [0.15, 0.2) is 0 Å². The first-order valence-electron chi connectivity index (χ1n) is 6.76. The SMILES string of the molecule is CCOCCN(CC)CCC1(CN)CCC1. The van der Waals surface area contributed by atoms with Crippen molar-refractivity contribution in [2.75, 3.05) is 39.4 Å². The zero-order chi connectivity index (χ0) is 11.9. The van der Waals surface area contributed by atoms with Crippen LogP contribution in [0, 0.1) is 5.41 Å². The Kier molecular flexibility index (Phi) is 6.32. The van der Waals surface area contributed by atoms with Crippen molar-refractivity contribution in [2.45, 2.75) is 39.5 Å². The smallest absolute Gasteiger partial charge is 0.0593 e. The summed E-state index contributed by atoms with van der Waals surface area (Å²) >= 11 is 0. The van der Waals surface area contributed by atoms with Crippen molar-refractivity contribution in [1.29, 1.82) is 0 Å². The highest BCUT2D eigenvalue weighted by molar-refractivity contribution is 4.89. The molecule has 1 saturated carbocycles. The number of rotatable bonds is 9. The second kappa shape index (κ2) is 7.25. The lowest BCUT2D eigenvalue weighted by Gasteiger charge is -2.42. The van der Waals surface area contributed by atoms with Gasteiger partial charge in [0, 0.05) is 13.2 Å². The molecule has 0 atom stereocenters. The molecule has 16 heavy (non-hydrogen) atoms. The van der Waals surface area contributed by atoms with Crippen LogP contribution in [-0.2, 0) is 4.74 Å². The second-order valence-corrected chi connectivity index (χ2v) is 4.94. The molecule has 0 aromatic heterocycles. The maximum Gasteiger partial charge on any atom is 0.0593 e. The van der Waals surface area contributed by atoms with E-state index in [1.807, 2.05) is 6.92 Å². The normalized spacial score (nSPS) is 18.8. The molecule has 1 fully saturated rings. The van der Waals surface area contributed by atoms with E-state index in [1.54, 1.807) is 0 Å². The fourth-order valence-electron chi connectivity index (χ4n) is 2.39. The van der Waals surface area contributed by atoms with Crippen LogP contribution >= 0.6 is 0 Å². The topological polar surface area (TPSA) is 38.5 Å². The van der Waals surface area contributed by atoms with Crippen molar-refractivity contribution in [2.24, 2.45) is 11.1 Å². The molecule has 1 aliphatic rings. The van der Waals surface area contributed by atoms with Crippen LogP contribution < -0.4 is 5.73 Å². The summed E-state index contributed by atoms with van der Waals surface area (Å²) in [4.78, 5) is 2.48. The van der Waals surface area contributed by atoms with Crippen LogP contribution in [0.1, 0.15) is 39.5 Å². The second-order valence-electron chi connectivity index (χ2n) is 4.94. The Balaban J connectivity index is 2.17. The van der Waals surface area contributed by atoms with E-state index >= 15 is 0 Å². The Morgan fingerprint density at radius 2 is 2.00 bits per heavy atom. The molecule has 0 bridgehead atoms. The third-order valence-corrected chi connectivity index (χ3v) is 4.01. The Morgan fingerprint density at radius 1 is 1.25 bits per heavy atom. The molecular weight excluding hydrogens is 200 g/mol. The van der Waals surface area contributed by atoms with Gasteiger partial charge < -0.3 is 15.4 Å². The summed E-state index contributed by atoms with van der Waals surface area (Å²) in [6, 6.07) is 0. The lowest BCUT2D eigenvalue weighted by Crippen LogP contribution is -2.41. The summed E-state index contributed by atoms with van der Waals surface area (Å²) in [5.41, 5.74) is 6.36. The Morgan fingerprint density at radius 3 is 2.44 bits per heavy atom. The number of nitrogens with two attached hydrogens (primary N) is 1. The number of hydrogen-bond donors (Lipinski definition) is 1. The first kappa shape index (κ1) is 13.9. The highest BCUT2D eigenvalue weighted by Crippen LogP contribution is 2.42. The van der Waals surface area contributed by atoms with E-state index in [0.29, 0.717) is 5.41 Å². The average Bonchev–Trinajstić information content (AvgIpc) is 2.26. The predicted molar refractivity (Wildman–Crippen MR) is 68.6 cm³/mol. The van der Waals surface area contributed by atoms with E-state index in [4.69, 9.17) is 10.5 Å². The highest BCUT2D eigenvalue weighted by Gasteiger charge is 2.35. The van der Waals surface area contributed by atoms with Gasteiger partial charge in [0.05, 0.1) is 6.61 Å². The molecule has 2 N–H and O–H groups in total. The van der Waals surface area contributed by atoms with E-state index in [-0.39, 0.29) is 0 Å². The van der Waals surface area contributed by atoms with E-state index in [0.717, 1.165) is 32.8 Å². The summed E-state index contributed by atoms with van der Waals surface area (Å²) in [6.45, 7) is 10.2. The molecule has 96 valence electrons. The van der Waals surface area contributed by atoms with Crippen molar-refractivity contribution >= 4 is 0 Å². The van der Waals surface area contributed by atoms with Crippen LogP contribution in [0.3, 0.4) is 0 Å². The van der Waals surface area contributed by atoms with Gasteiger partial charge in [0.1, 0.15) is 0 Å². The van der Waals surface area contributed by atoms with Gasteiger partial charge in [-0.3, -0.25) is 0 Å². The summed E-state index contributed by atoms with van der Waals surface area (Å²) < 4.78 is 5.40. The molecule has 3 heteroatoms. The molecule has 0 spiro atoms. The summed E-state index contributed by atoms with van der Waals surface area (Å²) in [5.74, 6) is 0. The standard InChI is InChI=1S/C13H28N2O/c1-3-15(10-11-16-4-2)9-8-13(12-14)6-5-7-13/h3-12,14H2,1-2H3. The Hall–Kier alpha value is -0.120. The summed E-state index contributed by atoms with van der Waals surface area (Å²) in [7, 11) is 0. The quantitative estimate of drug-likeness (QED) is 0.612. The van der Waals surface area contributed by atoms with Gasteiger partial charge in [0.25, 0.3) is 0 Å². The molecular formula is C13H28N2O. The molecule has 0 radical (unpaired) electrons. The van der Waals surface area contributed by atoms with Crippen molar-refractivity contribution < 1.29 is 4.74 Å². The summed E-state index contributed by atoms with van der Waals surface area (Å²) in [5, 5.41) is 0. The van der Waals surface area contributed by atoms with E-state index in [9.17, 15) is 0 Å². The molecule has 3 nitrogen and oxygen atoms in total. The minimum atomic E-state index is 0.485. The molecule has 0 saturated heterocycles. The molecule has 0 aromatic carbocycles. The molecule has 0 aliphatic heterocycles. The van der Waals surface area contributed by atoms with Gasteiger partial charge in [0.2, 0.25) is 0 Å². The lowest BCUT2D eigenvalue weighted by atomic mass is 9.66. The van der Waals surface area contributed by atoms with Crippen molar-refractivity contribution in [3.8, 4) is 0 Å². The molecule has 0 aromatic rings. The number of likely N-dealkylation sites (N-methyl/N-ethyl adjacent to an activating group) is 1. The van der Waals surface area contributed by atoms with Gasteiger partial charge in [-0.25, -0.2) is 0 Å². The van der Waals surface area contributed by atoms with Crippen LogP contribution in [0.25, 0.3) is 0 Å². The Bertz CT molecular complexity index is 175. The van der Waals surface area contributed by atoms with E-state index in [2.05, 4.69) is 11.8 Å². The van der Waals surface area contributed by atoms with Gasteiger partial charge in [-0.15, -0.1) is 0 Å². The third-order valence-electron chi connectivity index (χ3n) is 4.01. The fraction of sp³-hybridized carbons (Fsp3) is 1.00. The molecule has 0 heterocycles. The van der Waals surface area contributed by atoms with E-state index < -0.39 is 0 Å². The highest BCUT2D eigenvalue weighted by atomic mass is 16.5. The van der Waals surface area contributed by atoms with Gasteiger partial charge >= 0.3 is 0 Å². The largest absolute Gasteiger partial charge is 0.380 e. The average molecular weight is 228 g/mol. The number of ether oxygens (including phenoxy) is 1. The van der Waals surface area contributed by atoms with E-state index in [1.165, 1.54) is 32.2 Å². The Labute approximate surface area is 100 Å². The first-order valence-corrected chi connectivity index (χ1v) is 6.76.